The summed E-state index contributed by atoms with van der Waals surface area (Å²) in [6.45, 7) is 0. The largest absolute Gasteiger partial charge is 0.443 e. The quantitative estimate of drug-likeness (QED) is 0.651. The third-order valence-electron chi connectivity index (χ3n) is 3.93. The number of esters is 1. The number of hydrogen-bond acceptors (Lipinski definition) is 6. The molecule has 1 atom stereocenters. The summed E-state index contributed by atoms with van der Waals surface area (Å²) in [7, 11) is 0. The molecule has 0 saturated heterocycles. The number of thiophene rings is 1. The number of nitrogens with one attached hydrogen (secondary N) is 1. The average Bonchev–Trinajstić information content (AvgIpc) is 3.14. The van der Waals surface area contributed by atoms with Crippen molar-refractivity contribution in [1.82, 2.24) is 10.3 Å². The molecule has 2 aromatic heterocycles. The van der Waals surface area contributed by atoms with E-state index in [0.29, 0.717) is 5.56 Å². The van der Waals surface area contributed by atoms with Crippen LogP contribution in [0.3, 0.4) is 0 Å². The standard InChI is InChI=1S/C19H16N2O3S2/c22-17(20-13-8-9-13)16(12-5-2-1-3-6-12)24-19(23)14-11-26-18(21-14)15-7-4-10-25-15/h1-7,10-11,13,16H,8-9H2,(H,20,22)/t16-/m0/s1. The highest BCUT2D eigenvalue weighted by atomic mass is 32.1. The van der Waals surface area contributed by atoms with E-state index in [2.05, 4.69) is 10.3 Å². The lowest BCUT2D eigenvalue weighted by Gasteiger charge is -2.17. The van der Waals surface area contributed by atoms with Crippen molar-refractivity contribution in [3.63, 3.8) is 0 Å². The fraction of sp³-hybridized carbons (Fsp3) is 0.211. The van der Waals surface area contributed by atoms with Crippen molar-refractivity contribution < 1.29 is 14.3 Å². The Morgan fingerprint density at radius 2 is 1.92 bits per heavy atom. The second-order valence-corrected chi connectivity index (χ2v) is 7.80. The van der Waals surface area contributed by atoms with Gasteiger partial charge >= 0.3 is 5.97 Å². The minimum absolute atomic E-state index is 0.192. The zero-order valence-corrected chi connectivity index (χ0v) is 15.4. The van der Waals surface area contributed by atoms with Crippen molar-refractivity contribution in [3.8, 4) is 9.88 Å². The first-order valence-corrected chi connectivity index (χ1v) is 10.0. The number of carbonyl (C=O) groups excluding carboxylic acids is 2. The number of thiazole rings is 1. The molecule has 1 aliphatic rings. The molecule has 4 rings (SSSR count). The van der Waals surface area contributed by atoms with E-state index in [0.717, 1.165) is 22.7 Å². The molecular formula is C19H16N2O3S2. The number of carbonyl (C=O) groups is 2. The normalized spacial score (nSPS) is 14.6. The summed E-state index contributed by atoms with van der Waals surface area (Å²) in [5, 5.41) is 7.30. The zero-order chi connectivity index (χ0) is 17.9. The summed E-state index contributed by atoms with van der Waals surface area (Å²) < 4.78 is 5.54. The maximum absolute atomic E-state index is 12.6. The number of nitrogens with zero attached hydrogens (tertiary/aromatic N) is 1. The Hall–Kier alpha value is -2.51. The molecule has 3 aromatic rings. The van der Waals surface area contributed by atoms with Crippen LogP contribution in [0.15, 0.2) is 53.2 Å². The van der Waals surface area contributed by atoms with Crippen LogP contribution in [0.4, 0.5) is 0 Å². The number of hydrogen-bond donors (Lipinski definition) is 1. The van der Waals surface area contributed by atoms with Gasteiger partial charge in [0.1, 0.15) is 5.01 Å². The van der Waals surface area contributed by atoms with Crippen molar-refractivity contribution in [1.29, 1.82) is 0 Å². The Labute approximate surface area is 158 Å². The van der Waals surface area contributed by atoms with Gasteiger partial charge in [-0.2, -0.15) is 0 Å². The Balaban J connectivity index is 1.53. The van der Waals surface area contributed by atoms with E-state index in [1.54, 1.807) is 28.8 Å². The number of amides is 1. The van der Waals surface area contributed by atoms with Crippen LogP contribution in [0.2, 0.25) is 0 Å². The molecule has 0 radical (unpaired) electrons. The Bertz CT molecular complexity index is 902. The van der Waals surface area contributed by atoms with Crippen LogP contribution in [0, 0.1) is 0 Å². The minimum atomic E-state index is -0.976. The molecular weight excluding hydrogens is 368 g/mol. The summed E-state index contributed by atoms with van der Waals surface area (Å²) in [6, 6.07) is 13.1. The first kappa shape index (κ1) is 16.9. The van der Waals surface area contributed by atoms with Gasteiger partial charge in [0.25, 0.3) is 5.91 Å². The molecule has 1 aromatic carbocycles. The maximum Gasteiger partial charge on any atom is 0.358 e. The number of rotatable bonds is 6. The Morgan fingerprint density at radius 3 is 2.62 bits per heavy atom. The maximum atomic E-state index is 12.6. The molecule has 1 aliphatic carbocycles. The van der Waals surface area contributed by atoms with Crippen LogP contribution in [0.25, 0.3) is 9.88 Å². The van der Waals surface area contributed by atoms with Gasteiger partial charge < -0.3 is 10.1 Å². The molecule has 0 spiro atoms. The second kappa shape index (κ2) is 7.39. The van der Waals surface area contributed by atoms with Crippen LogP contribution in [-0.4, -0.2) is 22.9 Å². The van der Waals surface area contributed by atoms with Crippen LogP contribution < -0.4 is 5.32 Å². The van der Waals surface area contributed by atoms with Gasteiger partial charge in [-0.15, -0.1) is 22.7 Å². The lowest BCUT2D eigenvalue weighted by Crippen LogP contribution is -2.33. The highest BCUT2D eigenvalue weighted by Gasteiger charge is 2.31. The van der Waals surface area contributed by atoms with E-state index in [4.69, 9.17) is 4.74 Å². The first-order chi connectivity index (χ1) is 12.7. The van der Waals surface area contributed by atoms with E-state index >= 15 is 0 Å². The smallest absolute Gasteiger partial charge is 0.358 e. The lowest BCUT2D eigenvalue weighted by molar-refractivity contribution is -0.130. The van der Waals surface area contributed by atoms with Crippen LogP contribution >= 0.6 is 22.7 Å². The van der Waals surface area contributed by atoms with Gasteiger partial charge in [0.15, 0.2) is 5.69 Å². The summed E-state index contributed by atoms with van der Waals surface area (Å²) in [5.74, 6) is -0.885. The molecule has 1 amide bonds. The van der Waals surface area contributed by atoms with Crippen LogP contribution in [-0.2, 0) is 9.53 Å². The van der Waals surface area contributed by atoms with E-state index in [-0.39, 0.29) is 17.6 Å². The highest BCUT2D eigenvalue weighted by Crippen LogP contribution is 2.29. The van der Waals surface area contributed by atoms with Gasteiger partial charge in [-0.25, -0.2) is 9.78 Å². The van der Waals surface area contributed by atoms with Crippen molar-refractivity contribution in [2.24, 2.45) is 0 Å². The predicted octanol–water partition coefficient (Wildman–Crippen LogP) is 4.05. The molecule has 26 heavy (non-hydrogen) atoms. The highest BCUT2D eigenvalue weighted by molar-refractivity contribution is 7.20. The van der Waals surface area contributed by atoms with E-state index in [1.807, 2.05) is 35.7 Å². The van der Waals surface area contributed by atoms with Crippen LogP contribution in [0.5, 0.6) is 0 Å². The van der Waals surface area contributed by atoms with Crippen molar-refractivity contribution in [3.05, 3.63) is 64.5 Å². The Kier molecular flexibility index (Phi) is 4.81. The summed E-state index contributed by atoms with van der Waals surface area (Å²) in [6.07, 6.45) is 0.964. The molecule has 1 N–H and O–H groups in total. The summed E-state index contributed by atoms with van der Waals surface area (Å²) in [5.41, 5.74) is 0.867. The number of benzene rings is 1. The molecule has 5 nitrogen and oxygen atoms in total. The molecule has 1 saturated carbocycles. The van der Waals surface area contributed by atoms with Crippen molar-refractivity contribution in [2.45, 2.75) is 25.0 Å². The monoisotopic (exact) mass is 384 g/mol. The van der Waals surface area contributed by atoms with Crippen LogP contribution in [0.1, 0.15) is 35.0 Å². The fourth-order valence-corrected chi connectivity index (χ4v) is 4.06. The molecule has 0 bridgehead atoms. The van der Waals surface area contributed by atoms with Gasteiger partial charge in [-0.05, 0) is 24.3 Å². The summed E-state index contributed by atoms with van der Waals surface area (Å²) >= 11 is 2.95. The van der Waals surface area contributed by atoms with Gasteiger partial charge in [0.2, 0.25) is 6.10 Å². The van der Waals surface area contributed by atoms with Gasteiger partial charge in [0, 0.05) is 17.0 Å². The fourth-order valence-electron chi connectivity index (χ4n) is 2.45. The van der Waals surface area contributed by atoms with Gasteiger partial charge in [-0.3, -0.25) is 4.79 Å². The molecule has 2 heterocycles. The lowest BCUT2D eigenvalue weighted by atomic mass is 10.1. The van der Waals surface area contributed by atoms with Gasteiger partial charge in [0.05, 0.1) is 4.88 Å². The Morgan fingerprint density at radius 1 is 1.12 bits per heavy atom. The molecule has 1 fully saturated rings. The SMILES string of the molecule is O=C(O[C@H](C(=O)NC1CC1)c1ccccc1)c1csc(-c2cccs2)n1. The van der Waals surface area contributed by atoms with E-state index in [9.17, 15) is 9.59 Å². The predicted molar refractivity (Wildman–Crippen MR) is 101 cm³/mol. The average molecular weight is 384 g/mol. The molecule has 132 valence electrons. The first-order valence-electron chi connectivity index (χ1n) is 8.26. The number of aromatic nitrogens is 1. The van der Waals surface area contributed by atoms with Crippen molar-refractivity contribution in [2.75, 3.05) is 0 Å². The number of ether oxygens (including phenoxy) is 1. The third kappa shape index (κ3) is 3.84. The second-order valence-electron chi connectivity index (χ2n) is 5.99. The molecule has 0 unspecified atom stereocenters. The third-order valence-corrected chi connectivity index (χ3v) is 5.82. The van der Waals surface area contributed by atoms with Gasteiger partial charge in [-0.1, -0.05) is 36.4 Å². The topological polar surface area (TPSA) is 68.3 Å². The summed E-state index contributed by atoms with van der Waals surface area (Å²) in [4.78, 5) is 30.5. The van der Waals surface area contributed by atoms with E-state index in [1.165, 1.54) is 11.3 Å². The van der Waals surface area contributed by atoms with Crippen molar-refractivity contribution >= 4 is 34.6 Å². The molecule has 0 aliphatic heterocycles. The van der Waals surface area contributed by atoms with E-state index < -0.39 is 12.1 Å². The zero-order valence-electron chi connectivity index (χ0n) is 13.8. The molecule has 7 heteroatoms. The minimum Gasteiger partial charge on any atom is -0.443 e.